The lowest BCUT2D eigenvalue weighted by molar-refractivity contribution is 0.0426. The summed E-state index contributed by atoms with van der Waals surface area (Å²) in [4.78, 5) is 6.44. The van der Waals surface area contributed by atoms with Gasteiger partial charge in [0.1, 0.15) is 0 Å². The Balaban J connectivity index is 1.16. The number of hydrogen-bond donors (Lipinski definition) is 0. The van der Waals surface area contributed by atoms with Gasteiger partial charge in [-0.3, -0.25) is 0 Å². The van der Waals surface area contributed by atoms with E-state index in [1.807, 2.05) is 6.07 Å². The van der Waals surface area contributed by atoms with E-state index in [-0.39, 0.29) is 10.8 Å². The van der Waals surface area contributed by atoms with Crippen molar-refractivity contribution in [2.24, 2.45) is 35.5 Å². The van der Waals surface area contributed by atoms with Gasteiger partial charge in [0, 0.05) is 27.8 Å². The Labute approximate surface area is 303 Å². The van der Waals surface area contributed by atoms with Gasteiger partial charge in [-0.15, -0.1) is 0 Å². The number of anilines is 3. The van der Waals surface area contributed by atoms with Gasteiger partial charge in [0.2, 0.25) is 0 Å². The van der Waals surface area contributed by atoms with E-state index >= 15 is 0 Å². The Hall–Kier alpha value is -4.61. The number of benzene rings is 5. The minimum absolute atomic E-state index is 0.0316. The van der Waals surface area contributed by atoms with Crippen LogP contribution in [-0.4, -0.2) is 0 Å². The molecule has 2 heteroatoms. The van der Waals surface area contributed by atoms with Crippen molar-refractivity contribution in [1.82, 2.24) is 0 Å². The van der Waals surface area contributed by atoms with Gasteiger partial charge in [0.15, 0.2) is 5.69 Å². The molecule has 0 N–H and O–H groups in total. The van der Waals surface area contributed by atoms with Crippen LogP contribution >= 0.6 is 0 Å². The number of rotatable bonds is 3. The Kier molecular flexibility index (Phi) is 6.31. The molecule has 0 heterocycles. The predicted molar refractivity (Wildman–Crippen MR) is 209 cm³/mol. The molecule has 4 fully saturated rings. The average molecular weight is 663 g/mol. The Morgan fingerprint density at radius 3 is 2.18 bits per heavy atom. The summed E-state index contributed by atoms with van der Waals surface area (Å²) >= 11 is 0. The Morgan fingerprint density at radius 1 is 0.608 bits per heavy atom. The third kappa shape index (κ3) is 3.88. The monoisotopic (exact) mass is 662 g/mol. The Morgan fingerprint density at radius 2 is 1.35 bits per heavy atom. The standard InChI is InChI=1S/C49H46N2/c1-30-22-33-24-31(2)49(35(23-30)26-33)43-15-7-5-13-41(43)47-44(49)16-9-17-46(47)51(37-11-8-10-36(27-37)50-3)38-20-21-40-39-12-4-6-14-42(39)48(45(40)28-38)29-32-18-19-34(48)25-32/h4-17,20-21,27-28,30-35H,18-19,22-26,29H2,1-2H3/t30-,31+,32?,33?,34?,35-,48?,49-/m1/s1. The number of hydrogen-bond acceptors (Lipinski definition) is 1. The van der Waals surface area contributed by atoms with Crippen molar-refractivity contribution in [3.8, 4) is 22.3 Å². The molecule has 6 aliphatic rings. The van der Waals surface area contributed by atoms with E-state index in [1.165, 1.54) is 96.1 Å². The van der Waals surface area contributed by atoms with E-state index in [4.69, 9.17) is 6.57 Å². The first-order valence-corrected chi connectivity index (χ1v) is 19.8. The van der Waals surface area contributed by atoms with E-state index < -0.39 is 0 Å². The van der Waals surface area contributed by atoms with Gasteiger partial charge in [-0.25, -0.2) is 4.85 Å². The molecular formula is C49H46N2. The molecule has 4 bridgehead atoms. The summed E-state index contributed by atoms with van der Waals surface area (Å²) in [6.07, 6.45) is 10.7. The summed E-state index contributed by atoms with van der Waals surface area (Å²) in [6, 6.07) is 41.7. The fourth-order valence-corrected chi connectivity index (χ4v) is 13.6. The van der Waals surface area contributed by atoms with Crippen LogP contribution in [-0.2, 0) is 10.8 Å². The van der Waals surface area contributed by atoms with Crippen LogP contribution in [0.25, 0.3) is 27.1 Å². The van der Waals surface area contributed by atoms with Gasteiger partial charge >= 0.3 is 0 Å². The third-order valence-corrected chi connectivity index (χ3v) is 15.0. The molecule has 0 amide bonds. The molecular weight excluding hydrogens is 617 g/mol. The van der Waals surface area contributed by atoms with Gasteiger partial charge in [-0.05, 0) is 150 Å². The van der Waals surface area contributed by atoms with E-state index in [0.717, 1.165) is 23.4 Å². The van der Waals surface area contributed by atoms with Crippen LogP contribution in [0.15, 0.2) is 109 Å². The van der Waals surface area contributed by atoms with Crippen LogP contribution in [0.1, 0.15) is 87.5 Å². The molecule has 5 aromatic rings. The molecule has 8 atom stereocenters. The maximum Gasteiger partial charge on any atom is 0.189 e. The summed E-state index contributed by atoms with van der Waals surface area (Å²) in [7, 11) is 0. The van der Waals surface area contributed by atoms with Gasteiger partial charge < -0.3 is 4.90 Å². The SMILES string of the molecule is [C-]#[N+]c1cccc(N(c2ccc3c(c2)C2(CC4CCC2C4)c2ccccc2-3)c2cccc3c2-c2ccccc2[C@@]32[C@H]3CC(C[C@@H](C)C3)C[C@@H]2C)c1. The first-order chi connectivity index (χ1) is 25.0. The molecule has 2 nitrogen and oxygen atoms in total. The fraction of sp³-hybridized carbons (Fsp3) is 0.367. The van der Waals surface area contributed by atoms with E-state index in [2.05, 4.69) is 127 Å². The van der Waals surface area contributed by atoms with E-state index in [0.29, 0.717) is 23.4 Å². The molecule has 0 aliphatic heterocycles. The molecule has 0 saturated heterocycles. The molecule has 0 radical (unpaired) electrons. The lowest BCUT2D eigenvalue weighted by Gasteiger charge is -2.54. The van der Waals surface area contributed by atoms with Crippen LogP contribution < -0.4 is 4.90 Å². The van der Waals surface area contributed by atoms with Crippen molar-refractivity contribution in [2.75, 3.05) is 4.90 Å². The normalized spacial score (nSPS) is 31.6. The van der Waals surface area contributed by atoms with E-state index in [9.17, 15) is 0 Å². The summed E-state index contributed by atoms with van der Waals surface area (Å²) in [6.45, 7) is 13.1. The van der Waals surface area contributed by atoms with Crippen molar-refractivity contribution >= 4 is 22.7 Å². The Bertz CT molecular complexity index is 2290. The summed E-state index contributed by atoms with van der Waals surface area (Å²) < 4.78 is 0. The summed E-state index contributed by atoms with van der Waals surface area (Å²) in [5, 5.41) is 0. The lowest BCUT2D eigenvalue weighted by Crippen LogP contribution is -2.49. The van der Waals surface area contributed by atoms with Crippen molar-refractivity contribution in [1.29, 1.82) is 0 Å². The summed E-state index contributed by atoms with van der Waals surface area (Å²) in [5.41, 5.74) is 16.2. The molecule has 252 valence electrons. The minimum atomic E-state index is 0.0316. The molecule has 51 heavy (non-hydrogen) atoms. The highest BCUT2D eigenvalue weighted by molar-refractivity contribution is 5.96. The predicted octanol–water partition coefficient (Wildman–Crippen LogP) is 13.2. The maximum atomic E-state index is 7.98. The molecule has 4 unspecified atom stereocenters. The van der Waals surface area contributed by atoms with Gasteiger partial charge in [0.05, 0.1) is 12.3 Å². The second-order valence-electron chi connectivity index (χ2n) is 17.4. The molecule has 5 aromatic carbocycles. The van der Waals surface area contributed by atoms with Crippen LogP contribution in [0, 0.1) is 42.1 Å². The second-order valence-corrected chi connectivity index (χ2v) is 17.4. The molecule has 0 aromatic heterocycles. The summed E-state index contributed by atoms with van der Waals surface area (Å²) in [5.74, 6) is 4.40. The lowest BCUT2D eigenvalue weighted by atomic mass is 9.49. The first-order valence-electron chi connectivity index (χ1n) is 19.8. The topological polar surface area (TPSA) is 7.60 Å². The molecule has 4 saturated carbocycles. The number of fused-ring (bicyclic) bond motifs is 16. The van der Waals surface area contributed by atoms with Gasteiger partial charge in [0.25, 0.3) is 0 Å². The van der Waals surface area contributed by atoms with Crippen LogP contribution in [0.5, 0.6) is 0 Å². The van der Waals surface area contributed by atoms with Crippen molar-refractivity contribution in [3.63, 3.8) is 0 Å². The highest BCUT2D eigenvalue weighted by atomic mass is 15.1. The maximum absolute atomic E-state index is 7.98. The van der Waals surface area contributed by atoms with Gasteiger partial charge in [-0.1, -0.05) is 99.1 Å². The van der Waals surface area contributed by atoms with Crippen LogP contribution in [0.2, 0.25) is 0 Å². The molecule has 2 spiro atoms. The highest BCUT2D eigenvalue weighted by Crippen LogP contribution is 2.68. The zero-order valence-electron chi connectivity index (χ0n) is 29.9. The highest BCUT2D eigenvalue weighted by Gasteiger charge is 2.58. The third-order valence-electron chi connectivity index (χ3n) is 15.0. The zero-order chi connectivity index (χ0) is 34.1. The van der Waals surface area contributed by atoms with Crippen molar-refractivity contribution < 1.29 is 0 Å². The van der Waals surface area contributed by atoms with Crippen molar-refractivity contribution in [2.45, 2.75) is 76.0 Å². The fourth-order valence-electron chi connectivity index (χ4n) is 13.6. The first kappa shape index (κ1) is 30.1. The van der Waals surface area contributed by atoms with Crippen LogP contribution in [0.3, 0.4) is 0 Å². The minimum Gasteiger partial charge on any atom is -0.311 e. The van der Waals surface area contributed by atoms with Crippen LogP contribution in [0.4, 0.5) is 22.7 Å². The molecule has 11 rings (SSSR count). The smallest absolute Gasteiger partial charge is 0.189 e. The molecule has 6 aliphatic carbocycles. The van der Waals surface area contributed by atoms with Gasteiger partial charge in [-0.2, -0.15) is 0 Å². The second kappa shape index (κ2) is 10.7. The largest absolute Gasteiger partial charge is 0.311 e. The average Bonchev–Trinajstić information content (AvgIpc) is 3.91. The van der Waals surface area contributed by atoms with E-state index in [1.54, 1.807) is 11.1 Å². The quantitative estimate of drug-likeness (QED) is 0.175. The zero-order valence-corrected chi connectivity index (χ0v) is 29.9. The number of nitrogens with zero attached hydrogens (tertiary/aromatic N) is 2. The van der Waals surface area contributed by atoms with Crippen molar-refractivity contribution in [3.05, 3.63) is 143 Å².